The molecular weight excluding hydrogens is 272 g/mol. The largest absolute Gasteiger partial charge is 0.508 e. The van der Waals surface area contributed by atoms with Crippen LogP contribution >= 0.6 is 0 Å². The van der Waals surface area contributed by atoms with Gasteiger partial charge in [-0.05, 0) is 23.6 Å². The number of nitrogens with two attached hydrogens (primary N) is 1. The highest BCUT2D eigenvalue weighted by molar-refractivity contribution is 5.85. The van der Waals surface area contributed by atoms with E-state index in [-0.39, 0.29) is 30.5 Å². The quantitative estimate of drug-likeness (QED) is 0.592. The third-order valence-electron chi connectivity index (χ3n) is 3.39. The van der Waals surface area contributed by atoms with Crippen LogP contribution in [0.2, 0.25) is 0 Å². The van der Waals surface area contributed by atoms with Crippen molar-refractivity contribution in [3.63, 3.8) is 0 Å². The van der Waals surface area contributed by atoms with Gasteiger partial charge in [-0.3, -0.25) is 4.79 Å². The van der Waals surface area contributed by atoms with Crippen molar-refractivity contribution in [1.82, 2.24) is 5.32 Å². The van der Waals surface area contributed by atoms with Crippen LogP contribution in [0.4, 0.5) is 0 Å². The Bertz CT molecular complexity index is 485. The molecule has 0 aliphatic rings. The molecule has 2 atom stereocenters. The number of phenols is 1. The molecule has 2 unspecified atom stereocenters. The number of aromatic hydroxyl groups is 1. The minimum atomic E-state index is -1.10. The zero-order valence-corrected chi connectivity index (χ0v) is 12.2. The second-order valence-electron chi connectivity index (χ2n) is 5.36. The number of rotatable bonds is 7. The number of carboxylic acids is 1. The van der Waals surface area contributed by atoms with Crippen LogP contribution < -0.4 is 11.1 Å². The molecule has 0 radical (unpaired) electrons. The molecule has 0 fully saturated rings. The average molecular weight is 294 g/mol. The first kappa shape index (κ1) is 17.0. The molecule has 1 rings (SSSR count). The molecule has 0 saturated heterocycles. The van der Waals surface area contributed by atoms with Gasteiger partial charge in [-0.15, -0.1) is 0 Å². The summed E-state index contributed by atoms with van der Waals surface area (Å²) < 4.78 is 0. The van der Waals surface area contributed by atoms with Crippen molar-refractivity contribution in [1.29, 1.82) is 0 Å². The number of phenolic OH excluding ortho intramolecular Hbond substituents is 1. The Morgan fingerprint density at radius 3 is 2.24 bits per heavy atom. The molecule has 0 aliphatic carbocycles. The molecule has 0 aliphatic heterocycles. The van der Waals surface area contributed by atoms with Gasteiger partial charge in [0.25, 0.3) is 0 Å². The van der Waals surface area contributed by atoms with E-state index in [1.807, 2.05) is 13.8 Å². The van der Waals surface area contributed by atoms with Crippen LogP contribution in [0.25, 0.3) is 0 Å². The van der Waals surface area contributed by atoms with Crippen LogP contribution in [-0.4, -0.2) is 34.7 Å². The first-order valence-corrected chi connectivity index (χ1v) is 6.86. The Kier molecular flexibility index (Phi) is 6.17. The molecular formula is C15H22N2O4. The molecule has 5 N–H and O–H groups in total. The van der Waals surface area contributed by atoms with Crippen LogP contribution in [0, 0.1) is 11.8 Å². The van der Waals surface area contributed by atoms with Crippen molar-refractivity contribution in [2.24, 2.45) is 17.6 Å². The van der Waals surface area contributed by atoms with Crippen LogP contribution in [0.5, 0.6) is 5.75 Å². The number of amides is 1. The smallest absolute Gasteiger partial charge is 0.326 e. The zero-order chi connectivity index (χ0) is 16.0. The summed E-state index contributed by atoms with van der Waals surface area (Å²) >= 11 is 0. The fraction of sp³-hybridized carbons (Fsp3) is 0.467. The van der Waals surface area contributed by atoms with Gasteiger partial charge in [0.1, 0.15) is 11.8 Å². The van der Waals surface area contributed by atoms with Gasteiger partial charge in [-0.2, -0.15) is 0 Å². The lowest BCUT2D eigenvalue weighted by atomic mass is 9.94. The molecule has 21 heavy (non-hydrogen) atoms. The number of nitrogens with one attached hydrogen (secondary N) is 1. The van der Waals surface area contributed by atoms with Gasteiger partial charge in [0.2, 0.25) is 5.91 Å². The molecule has 0 aromatic heterocycles. The maximum Gasteiger partial charge on any atom is 0.326 e. The molecule has 1 amide bonds. The highest BCUT2D eigenvalue weighted by atomic mass is 16.4. The SMILES string of the molecule is CC(C)C(CN)C(=O)NC(Cc1ccc(O)cc1)C(=O)O. The normalized spacial score (nSPS) is 13.7. The zero-order valence-electron chi connectivity index (χ0n) is 12.2. The van der Waals surface area contributed by atoms with Gasteiger partial charge in [0, 0.05) is 13.0 Å². The van der Waals surface area contributed by atoms with Gasteiger partial charge < -0.3 is 21.3 Å². The molecule has 1 aromatic carbocycles. The highest BCUT2D eigenvalue weighted by Gasteiger charge is 2.26. The van der Waals surface area contributed by atoms with E-state index in [0.717, 1.165) is 0 Å². The lowest BCUT2D eigenvalue weighted by Crippen LogP contribution is -2.47. The van der Waals surface area contributed by atoms with E-state index in [9.17, 15) is 19.8 Å². The Balaban J connectivity index is 2.76. The summed E-state index contributed by atoms with van der Waals surface area (Å²) in [6.45, 7) is 3.91. The summed E-state index contributed by atoms with van der Waals surface area (Å²) in [5.41, 5.74) is 6.28. The van der Waals surface area contributed by atoms with Crippen LogP contribution in [0.15, 0.2) is 24.3 Å². The number of carboxylic acid groups (broad SMARTS) is 1. The van der Waals surface area contributed by atoms with E-state index in [2.05, 4.69) is 5.32 Å². The maximum atomic E-state index is 12.1. The van der Waals surface area contributed by atoms with E-state index in [1.165, 1.54) is 12.1 Å². The molecule has 6 nitrogen and oxygen atoms in total. The van der Waals surface area contributed by atoms with E-state index in [4.69, 9.17) is 5.73 Å². The van der Waals surface area contributed by atoms with E-state index < -0.39 is 17.9 Å². The molecule has 6 heteroatoms. The first-order chi connectivity index (χ1) is 9.85. The van der Waals surface area contributed by atoms with Gasteiger partial charge in [0.05, 0.1) is 5.92 Å². The molecule has 0 spiro atoms. The van der Waals surface area contributed by atoms with Crippen LogP contribution in [0.3, 0.4) is 0 Å². The van der Waals surface area contributed by atoms with Gasteiger partial charge in [0.15, 0.2) is 0 Å². The molecule has 0 saturated carbocycles. The number of carbonyl (C=O) groups is 2. The number of aliphatic carboxylic acids is 1. The van der Waals surface area contributed by atoms with Crippen molar-refractivity contribution in [3.05, 3.63) is 29.8 Å². The lowest BCUT2D eigenvalue weighted by Gasteiger charge is -2.21. The minimum Gasteiger partial charge on any atom is -0.508 e. The predicted octanol–water partition coefficient (Wildman–Crippen LogP) is 0.735. The molecule has 0 bridgehead atoms. The monoisotopic (exact) mass is 294 g/mol. The second kappa shape index (κ2) is 7.64. The maximum absolute atomic E-state index is 12.1. The Hall–Kier alpha value is -2.08. The number of carbonyl (C=O) groups excluding carboxylic acids is 1. The first-order valence-electron chi connectivity index (χ1n) is 6.86. The Morgan fingerprint density at radius 1 is 1.24 bits per heavy atom. The summed E-state index contributed by atoms with van der Waals surface area (Å²) in [4.78, 5) is 23.4. The third-order valence-corrected chi connectivity index (χ3v) is 3.39. The van der Waals surface area contributed by atoms with Crippen LogP contribution in [-0.2, 0) is 16.0 Å². The van der Waals surface area contributed by atoms with Crippen molar-refractivity contribution in [2.45, 2.75) is 26.3 Å². The van der Waals surface area contributed by atoms with Crippen LogP contribution in [0.1, 0.15) is 19.4 Å². The number of hydrogen-bond donors (Lipinski definition) is 4. The van der Waals surface area contributed by atoms with Crippen molar-refractivity contribution in [3.8, 4) is 5.75 Å². The topological polar surface area (TPSA) is 113 Å². The fourth-order valence-electron chi connectivity index (χ4n) is 2.03. The van der Waals surface area contributed by atoms with Gasteiger partial charge in [-0.1, -0.05) is 26.0 Å². The average Bonchev–Trinajstić information content (AvgIpc) is 2.40. The van der Waals surface area contributed by atoms with E-state index in [0.29, 0.717) is 5.56 Å². The van der Waals surface area contributed by atoms with Crippen molar-refractivity contribution < 1.29 is 19.8 Å². The molecule has 116 valence electrons. The fourth-order valence-corrected chi connectivity index (χ4v) is 2.03. The van der Waals surface area contributed by atoms with Gasteiger partial charge in [-0.25, -0.2) is 4.79 Å². The highest BCUT2D eigenvalue weighted by Crippen LogP contribution is 2.13. The summed E-state index contributed by atoms with van der Waals surface area (Å²) in [5.74, 6) is -1.71. The Labute approximate surface area is 124 Å². The standard InChI is InChI=1S/C15H22N2O4/c1-9(2)12(8-16)14(19)17-13(15(20)21)7-10-3-5-11(18)6-4-10/h3-6,9,12-13,18H,7-8,16H2,1-2H3,(H,17,19)(H,20,21). The van der Waals surface area contributed by atoms with Gasteiger partial charge >= 0.3 is 5.97 Å². The second-order valence-corrected chi connectivity index (χ2v) is 5.36. The number of benzene rings is 1. The number of hydrogen-bond acceptors (Lipinski definition) is 4. The van der Waals surface area contributed by atoms with E-state index >= 15 is 0 Å². The van der Waals surface area contributed by atoms with Crippen molar-refractivity contribution in [2.75, 3.05) is 6.54 Å². The lowest BCUT2D eigenvalue weighted by molar-refractivity contribution is -0.142. The third kappa shape index (κ3) is 5.07. The van der Waals surface area contributed by atoms with Crippen molar-refractivity contribution >= 4 is 11.9 Å². The molecule has 1 aromatic rings. The van der Waals surface area contributed by atoms with E-state index in [1.54, 1.807) is 12.1 Å². The summed E-state index contributed by atoms with van der Waals surface area (Å²) in [6.07, 6.45) is 0.150. The predicted molar refractivity (Wildman–Crippen MR) is 78.8 cm³/mol. The Morgan fingerprint density at radius 2 is 1.81 bits per heavy atom. The molecule has 0 heterocycles. The minimum absolute atomic E-state index is 0.0399. The summed E-state index contributed by atoms with van der Waals surface area (Å²) in [6, 6.07) is 5.19. The summed E-state index contributed by atoms with van der Waals surface area (Å²) in [5, 5.41) is 21.0. The summed E-state index contributed by atoms with van der Waals surface area (Å²) in [7, 11) is 0.